The van der Waals surface area contributed by atoms with Crippen molar-refractivity contribution in [3.05, 3.63) is 50.9 Å². The molecule has 158 valence electrons. The first-order valence-electron chi connectivity index (χ1n) is 9.24. The van der Waals surface area contributed by atoms with Crippen molar-refractivity contribution in [1.29, 1.82) is 0 Å². The molecular formula is C20H20ClN3O5S. The Labute approximate surface area is 181 Å². The topological polar surface area (TPSA) is 128 Å². The second kappa shape index (κ2) is 9.27. The molecule has 0 aliphatic heterocycles. The molecule has 2 aromatic rings. The zero-order chi connectivity index (χ0) is 21.8. The zero-order valence-corrected chi connectivity index (χ0v) is 17.7. The Bertz CT molecular complexity index is 1020. The Morgan fingerprint density at radius 3 is 2.67 bits per heavy atom. The van der Waals surface area contributed by atoms with Gasteiger partial charge in [-0.2, -0.15) is 0 Å². The van der Waals surface area contributed by atoms with E-state index >= 15 is 0 Å². The number of halogens is 1. The average molecular weight is 450 g/mol. The molecule has 0 spiro atoms. The normalized spacial score (nSPS) is 13.3. The molecule has 3 amide bonds. The summed E-state index contributed by atoms with van der Waals surface area (Å²) in [5.41, 5.74) is 6.89. The highest BCUT2D eigenvalue weighted by molar-refractivity contribution is 7.17. The maximum absolute atomic E-state index is 12.2. The van der Waals surface area contributed by atoms with Crippen LogP contribution in [0.2, 0.25) is 5.02 Å². The van der Waals surface area contributed by atoms with E-state index in [1.165, 1.54) is 24.3 Å². The van der Waals surface area contributed by atoms with Crippen molar-refractivity contribution in [2.45, 2.75) is 32.2 Å². The third-order valence-corrected chi connectivity index (χ3v) is 6.12. The van der Waals surface area contributed by atoms with Gasteiger partial charge in [0.1, 0.15) is 11.0 Å². The second-order valence-electron chi connectivity index (χ2n) is 6.76. The van der Waals surface area contributed by atoms with Gasteiger partial charge in [0.05, 0.1) is 16.1 Å². The number of fused-ring (bicyclic) bond motifs is 1. The number of hydrogen-bond donors (Lipinski definition) is 3. The lowest BCUT2D eigenvalue weighted by atomic mass is 10.1. The lowest BCUT2D eigenvalue weighted by molar-refractivity contribution is -0.148. The number of hydrogen-bond acceptors (Lipinski definition) is 6. The van der Waals surface area contributed by atoms with E-state index in [0.29, 0.717) is 10.6 Å². The highest BCUT2D eigenvalue weighted by Gasteiger charge is 2.26. The van der Waals surface area contributed by atoms with Crippen molar-refractivity contribution in [3.63, 3.8) is 0 Å². The Balaban J connectivity index is 1.54. The number of carbonyl (C=O) groups excluding carboxylic acids is 4. The molecule has 1 heterocycles. The molecule has 1 aliphatic carbocycles. The predicted octanol–water partition coefficient (Wildman–Crippen LogP) is 2.29. The molecule has 1 aromatic carbocycles. The van der Waals surface area contributed by atoms with Gasteiger partial charge in [0, 0.05) is 4.88 Å². The molecular weight excluding hydrogens is 430 g/mol. The Hall–Kier alpha value is -2.91. The van der Waals surface area contributed by atoms with Gasteiger partial charge in [0.15, 0.2) is 6.61 Å². The van der Waals surface area contributed by atoms with Gasteiger partial charge in [0.25, 0.3) is 17.7 Å². The largest absolute Gasteiger partial charge is 0.454 e. The first-order valence-corrected chi connectivity index (χ1v) is 10.4. The van der Waals surface area contributed by atoms with E-state index in [-0.39, 0.29) is 10.6 Å². The van der Waals surface area contributed by atoms with Crippen LogP contribution in [0, 0.1) is 0 Å². The minimum absolute atomic E-state index is 0.223. The van der Waals surface area contributed by atoms with Gasteiger partial charge >= 0.3 is 5.97 Å². The summed E-state index contributed by atoms with van der Waals surface area (Å²) < 4.78 is 4.97. The van der Waals surface area contributed by atoms with Crippen LogP contribution in [-0.4, -0.2) is 36.3 Å². The zero-order valence-electron chi connectivity index (χ0n) is 16.1. The van der Waals surface area contributed by atoms with Gasteiger partial charge in [-0.25, -0.2) is 4.79 Å². The maximum atomic E-state index is 12.2. The van der Waals surface area contributed by atoms with E-state index in [4.69, 9.17) is 22.1 Å². The van der Waals surface area contributed by atoms with E-state index in [0.717, 1.165) is 29.7 Å². The summed E-state index contributed by atoms with van der Waals surface area (Å²) in [5.74, 6) is -2.52. The number of ether oxygens (including phenoxy) is 1. The number of benzene rings is 1. The summed E-state index contributed by atoms with van der Waals surface area (Å²) in [4.78, 5) is 49.3. The molecule has 10 heteroatoms. The van der Waals surface area contributed by atoms with Crippen LogP contribution in [0.4, 0.5) is 5.00 Å². The molecule has 1 atom stereocenters. The quantitative estimate of drug-likeness (QED) is 0.559. The predicted molar refractivity (Wildman–Crippen MR) is 113 cm³/mol. The number of nitrogens with two attached hydrogens (primary N) is 1. The fraction of sp³-hybridized carbons (Fsp3) is 0.300. The van der Waals surface area contributed by atoms with E-state index in [1.54, 1.807) is 18.2 Å². The van der Waals surface area contributed by atoms with Gasteiger partial charge in [-0.3, -0.25) is 14.4 Å². The standard InChI is InChI=1S/C20H20ClN3O5S/c1-10(23-18(27)11-5-2-3-7-13(11)21)20(28)29-9-15(25)24-19-16(17(22)26)12-6-4-8-14(12)30-19/h2-3,5,7,10H,4,6,8-9H2,1H3,(H2,22,26)(H,23,27)(H,24,25). The van der Waals surface area contributed by atoms with Crippen molar-refractivity contribution in [1.82, 2.24) is 5.32 Å². The molecule has 0 saturated carbocycles. The molecule has 30 heavy (non-hydrogen) atoms. The third-order valence-electron chi connectivity index (χ3n) is 4.59. The van der Waals surface area contributed by atoms with Crippen molar-refractivity contribution >= 4 is 51.6 Å². The van der Waals surface area contributed by atoms with Crippen molar-refractivity contribution in [2.75, 3.05) is 11.9 Å². The number of aryl methyl sites for hydroxylation is 1. The van der Waals surface area contributed by atoms with Gasteiger partial charge < -0.3 is 21.1 Å². The Morgan fingerprint density at radius 2 is 1.97 bits per heavy atom. The van der Waals surface area contributed by atoms with Crippen LogP contribution in [0.5, 0.6) is 0 Å². The molecule has 0 radical (unpaired) electrons. The van der Waals surface area contributed by atoms with Crippen LogP contribution >= 0.6 is 22.9 Å². The average Bonchev–Trinajstić information content (AvgIpc) is 3.26. The molecule has 3 rings (SSSR count). The summed E-state index contributed by atoms with van der Waals surface area (Å²) in [6.07, 6.45) is 2.54. The van der Waals surface area contributed by atoms with Crippen LogP contribution in [0.25, 0.3) is 0 Å². The summed E-state index contributed by atoms with van der Waals surface area (Å²) >= 11 is 7.27. The summed E-state index contributed by atoms with van der Waals surface area (Å²) in [6.45, 7) is 0.871. The van der Waals surface area contributed by atoms with Crippen LogP contribution in [0.1, 0.15) is 44.5 Å². The lowest BCUT2D eigenvalue weighted by Gasteiger charge is -2.14. The van der Waals surface area contributed by atoms with E-state index in [1.807, 2.05) is 0 Å². The van der Waals surface area contributed by atoms with E-state index < -0.39 is 36.3 Å². The van der Waals surface area contributed by atoms with Gasteiger partial charge in [-0.05, 0) is 43.9 Å². The number of carbonyl (C=O) groups is 4. The fourth-order valence-electron chi connectivity index (χ4n) is 3.16. The van der Waals surface area contributed by atoms with E-state index in [2.05, 4.69) is 10.6 Å². The summed E-state index contributed by atoms with van der Waals surface area (Å²) in [5, 5.41) is 5.68. The molecule has 0 saturated heterocycles. The lowest BCUT2D eigenvalue weighted by Crippen LogP contribution is -2.40. The number of esters is 1. The van der Waals surface area contributed by atoms with Crippen molar-refractivity contribution in [3.8, 4) is 0 Å². The summed E-state index contributed by atoms with van der Waals surface area (Å²) in [6, 6.07) is 5.42. The second-order valence-corrected chi connectivity index (χ2v) is 8.27. The van der Waals surface area contributed by atoms with Crippen LogP contribution in [-0.2, 0) is 27.2 Å². The number of primary amides is 1. The van der Waals surface area contributed by atoms with Gasteiger partial charge in [0.2, 0.25) is 0 Å². The van der Waals surface area contributed by atoms with Crippen LogP contribution in [0.3, 0.4) is 0 Å². The molecule has 4 N–H and O–H groups in total. The highest BCUT2D eigenvalue weighted by Crippen LogP contribution is 2.38. The van der Waals surface area contributed by atoms with Crippen LogP contribution in [0.15, 0.2) is 24.3 Å². The molecule has 0 bridgehead atoms. The van der Waals surface area contributed by atoms with Crippen molar-refractivity contribution < 1.29 is 23.9 Å². The Morgan fingerprint density at radius 1 is 1.23 bits per heavy atom. The minimum Gasteiger partial charge on any atom is -0.454 e. The monoisotopic (exact) mass is 449 g/mol. The molecule has 8 nitrogen and oxygen atoms in total. The number of thiophene rings is 1. The van der Waals surface area contributed by atoms with Gasteiger partial charge in [-0.15, -0.1) is 11.3 Å². The number of anilines is 1. The fourth-order valence-corrected chi connectivity index (χ4v) is 4.69. The summed E-state index contributed by atoms with van der Waals surface area (Å²) in [7, 11) is 0. The SMILES string of the molecule is CC(NC(=O)c1ccccc1Cl)C(=O)OCC(=O)Nc1sc2c(c1C(N)=O)CCC2. The maximum Gasteiger partial charge on any atom is 0.328 e. The molecule has 1 aromatic heterocycles. The van der Waals surface area contributed by atoms with Crippen molar-refractivity contribution in [2.24, 2.45) is 5.73 Å². The highest BCUT2D eigenvalue weighted by atomic mass is 35.5. The number of amides is 3. The van der Waals surface area contributed by atoms with Gasteiger partial charge in [-0.1, -0.05) is 23.7 Å². The molecule has 1 aliphatic rings. The van der Waals surface area contributed by atoms with Crippen LogP contribution < -0.4 is 16.4 Å². The first kappa shape index (κ1) is 21.8. The number of rotatable bonds is 7. The minimum atomic E-state index is -0.992. The Kier molecular flexibility index (Phi) is 6.73. The molecule has 0 fully saturated rings. The first-order chi connectivity index (χ1) is 14.3. The van der Waals surface area contributed by atoms with E-state index in [9.17, 15) is 19.2 Å². The molecule has 1 unspecified atom stereocenters. The number of nitrogens with one attached hydrogen (secondary N) is 2. The smallest absolute Gasteiger partial charge is 0.328 e. The third kappa shape index (κ3) is 4.80.